The largest absolute Gasteiger partial charge is 0.324 e. The number of nitrogens with one attached hydrogen (secondary N) is 1. The fraction of sp³-hybridized carbons (Fsp3) is 0.588. The molecule has 20 heavy (non-hydrogen) atoms. The highest BCUT2D eigenvalue weighted by Gasteiger charge is 2.54. The van der Waals surface area contributed by atoms with E-state index in [9.17, 15) is 4.79 Å². The highest BCUT2D eigenvalue weighted by Crippen LogP contribution is 2.55. The summed E-state index contributed by atoms with van der Waals surface area (Å²) in [7, 11) is 2.24. The van der Waals surface area contributed by atoms with E-state index in [0.717, 1.165) is 25.3 Å². The van der Waals surface area contributed by atoms with Crippen LogP contribution in [0.3, 0.4) is 0 Å². The van der Waals surface area contributed by atoms with Crippen LogP contribution in [0.1, 0.15) is 37.4 Å². The van der Waals surface area contributed by atoms with Crippen LogP contribution in [-0.2, 0) is 12.0 Å². The summed E-state index contributed by atoms with van der Waals surface area (Å²) in [6.45, 7) is 3.37. The number of rotatable bonds is 0. The molecule has 3 aliphatic rings. The molecule has 2 aliphatic carbocycles. The molecule has 1 aromatic rings. The fourth-order valence-corrected chi connectivity index (χ4v) is 4.95. The fourth-order valence-electron chi connectivity index (χ4n) is 4.95. The summed E-state index contributed by atoms with van der Waals surface area (Å²) in [4.78, 5) is 17.6. The number of aromatic amines is 1. The maximum atomic E-state index is 11.9. The Labute approximate surface area is 119 Å². The number of hydrogen-bond donors (Lipinski definition) is 1. The van der Waals surface area contributed by atoms with Crippen LogP contribution in [0.2, 0.25) is 0 Å². The number of likely N-dealkylation sites (tertiary alicyclic amines) is 1. The maximum absolute atomic E-state index is 11.9. The normalized spacial score (nSPS) is 36.0. The van der Waals surface area contributed by atoms with Crippen molar-refractivity contribution in [3.8, 4) is 0 Å². The third-order valence-electron chi connectivity index (χ3n) is 5.74. The van der Waals surface area contributed by atoms with E-state index < -0.39 is 0 Å². The van der Waals surface area contributed by atoms with E-state index in [1.165, 1.54) is 29.7 Å². The molecule has 0 amide bonds. The first-order valence-electron chi connectivity index (χ1n) is 7.72. The van der Waals surface area contributed by atoms with Gasteiger partial charge in [0.05, 0.1) is 5.54 Å². The first kappa shape index (κ1) is 12.4. The SMILES string of the molecule is CC1=C[C@@H]2[C@H]3CCCN(C)[C@]2(C1)c1[nH]c(=O)ccc1C3. The zero-order valence-corrected chi connectivity index (χ0v) is 12.3. The van der Waals surface area contributed by atoms with Gasteiger partial charge in [-0.15, -0.1) is 0 Å². The van der Waals surface area contributed by atoms with Gasteiger partial charge in [-0.1, -0.05) is 17.7 Å². The lowest BCUT2D eigenvalue weighted by atomic mass is 9.66. The molecule has 1 fully saturated rings. The molecule has 0 aromatic carbocycles. The van der Waals surface area contributed by atoms with Crippen LogP contribution in [0, 0.1) is 11.8 Å². The van der Waals surface area contributed by atoms with Crippen molar-refractivity contribution < 1.29 is 0 Å². The molecular weight excluding hydrogens is 248 g/mol. The smallest absolute Gasteiger partial charge is 0.248 e. The number of hydrogen-bond acceptors (Lipinski definition) is 2. The van der Waals surface area contributed by atoms with Crippen molar-refractivity contribution in [2.75, 3.05) is 13.6 Å². The third-order valence-corrected chi connectivity index (χ3v) is 5.74. The van der Waals surface area contributed by atoms with Gasteiger partial charge in [-0.3, -0.25) is 9.69 Å². The molecule has 3 heteroatoms. The highest BCUT2D eigenvalue weighted by atomic mass is 16.1. The standard InChI is InChI=1S/C17H22N2O/c1-11-8-14-12-4-3-7-19(2)17(14,10-11)16-13(9-12)5-6-15(20)18-16/h5-6,8,12,14H,3-4,7,9-10H2,1-2H3,(H,18,20)/t12-,14+,17-/m0/s1. The Hall–Kier alpha value is -1.35. The summed E-state index contributed by atoms with van der Waals surface area (Å²) in [5, 5.41) is 0. The summed E-state index contributed by atoms with van der Waals surface area (Å²) < 4.78 is 0. The minimum absolute atomic E-state index is 0.0131. The first-order chi connectivity index (χ1) is 9.61. The molecule has 3 atom stereocenters. The average molecular weight is 270 g/mol. The van der Waals surface area contributed by atoms with Gasteiger partial charge < -0.3 is 4.98 Å². The molecule has 0 saturated carbocycles. The second-order valence-corrected chi connectivity index (χ2v) is 6.89. The first-order valence-corrected chi connectivity index (χ1v) is 7.72. The van der Waals surface area contributed by atoms with Crippen molar-refractivity contribution >= 4 is 0 Å². The van der Waals surface area contributed by atoms with Crippen LogP contribution in [0.5, 0.6) is 0 Å². The van der Waals surface area contributed by atoms with Gasteiger partial charge >= 0.3 is 0 Å². The van der Waals surface area contributed by atoms with Gasteiger partial charge in [0.15, 0.2) is 0 Å². The summed E-state index contributed by atoms with van der Waals surface area (Å²) in [6, 6.07) is 3.75. The summed E-state index contributed by atoms with van der Waals surface area (Å²) >= 11 is 0. The summed E-state index contributed by atoms with van der Waals surface area (Å²) in [5.41, 5.74) is 4.09. The predicted octanol–water partition coefficient (Wildman–Crippen LogP) is 2.43. The molecule has 1 saturated heterocycles. The van der Waals surface area contributed by atoms with E-state index in [2.05, 4.69) is 36.0 Å². The van der Waals surface area contributed by atoms with Gasteiger partial charge in [0.2, 0.25) is 5.56 Å². The number of H-pyrrole nitrogens is 1. The molecule has 1 N–H and O–H groups in total. The topological polar surface area (TPSA) is 36.1 Å². The summed E-state index contributed by atoms with van der Waals surface area (Å²) in [6.07, 6.45) is 7.25. The van der Waals surface area contributed by atoms with Gasteiger partial charge in [-0.05, 0) is 57.7 Å². The minimum Gasteiger partial charge on any atom is -0.324 e. The lowest BCUT2D eigenvalue weighted by Gasteiger charge is -2.48. The van der Waals surface area contributed by atoms with Gasteiger partial charge in [0.1, 0.15) is 0 Å². The Bertz CT molecular complexity index is 645. The third kappa shape index (κ3) is 1.47. The number of fused-ring (bicyclic) bond motifs is 1. The second-order valence-electron chi connectivity index (χ2n) is 6.89. The lowest BCUT2D eigenvalue weighted by Crippen LogP contribution is -2.52. The molecule has 1 aliphatic heterocycles. The number of aromatic nitrogens is 1. The minimum atomic E-state index is 0.0131. The highest BCUT2D eigenvalue weighted by molar-refractivity contribution is 5.40. The van der Waals surface area contributed by atoms with Gasteiger partial charge in [-0.2, -0.15) is 0 Å². The van der Waals surface area contributed by atoms with E-state index in [1.54, 1.807) is 6.07 Å². The van der Waals surface area contributed by atoms with Crippen molar-refractivity contribution in [2.24, 2.45) is 11.8 Å². The zero-order chi connectivity index (χ0) is 13.9. The molecule has 1 aromatic heterocycles. The molecule has 2 bridgehead atoms. The van der Waals surface area contributed by atoms with Crippen molar-refractivity contribution in [2.45, 2.75) is 38.1 Å². The van der Waals surface area contributed by atoms with Crippen molar-refractivity contribution in [3.05, 3.63) is 45.4 Å². The van der Waals surface area contributed by atoms with E-state index in [1.807, 2.05) is 0 Å². The predicted molar refractivity (Wildman–Crippen MR) is 79.7 cm³/mol. The molecule has 4 rings (SSSR count). The van der Waals surface area contributed by atoms with Crippen molar-refractivity contribution in [1.82, 2.24) is 9.88 Å². The van der Waals surface area contributed by atoms with E-state index in [-0.39, 0.29) is 11.1 Å². The molecular formula is C17H22N2O. The Morgan fingerprint density at radius 1 is 1.40 bits per heavy atom. The van der Waals surface area contributed by atoms with Gasteiger partial charge in [0, 0.05) is 17.7 Å². The second kappa shape index (κ2) is 4.08. The molecule has 0 radical (unpaired) electrons. The van der Waals surface area contributed by atoms with Gasteiger partial charge in [-0.25, -0.2) is 0 Å². The molecule has 106 valence electrons. The monoisotopic (exact) mass is 270 g/mol. The molecule has 3 nitrogen and oxygen atoms in total. The molecule has 2 heterocycles. The van der Waals surface area contributed by atoms with Crippen LogP contribution in [-0.4, -0.2) is 23.5 Å². The van der Waals surface area contributed by atoms with E-state index in [4.69, 9.17) is 0 Å². The quantitative estimate of drug-likeness (QED) is 0.735. The van der Waals surface area contributed by atoms with Crippen LogP contribution in [0.15, 0.2) is 28.6 Å². The van der Waals surface area contributed by atoms with Crippen LogP contribution in [0.25, 0.3) is 0 Å². The van der Waals surface area contributed by atoms with Crippen LogP contribution >= 0.6 is 0 Å². The Kier molecular flexibility index (Phi) is 2.53. The molecule has 0 unspecified atom stereocenters. The lowest BCUT2D eigenvalue weighted by molar-refractivity contribution is 0.0605. The Balaban J connectivity index is 2.00. The van der Waals surface area contributed by atoms with Crippen LogP contribution < -0.4 is 5.56 Å². The average Bonchev–Trinajstić information content (AvgIpc) is 2.74. The van der Waals surface area contributed by atoms with E-state index in [0.29, 0.717) is 5.92 Å². The Morgan fingerprint density at radius 2 is 2.25 bits per heavy atom. The summed E-state index contributed by atoms with van der Waals surface area (Å²) in [5.74, 6) is 1.30. The van der Waals surface area contributed by atoms with Crippen molar-refractivity contribution in [1.29, 1.82) is 0 Å². The van der Waals surface area contributed by atoms with E-state index >= 15 is 0 Å². The van der Waals surface area contributed by atoms with Crippen LogP contribution in [0.4, 0.5) is 0 Å². The number of nitrogens with zero attached hydrogens (tertiary/aromatic N) is 1. The Morgan fingerprint density at radius 3 is 3.10 bits per heavy atom. The number of pyridine rings is 1. The zero-order valence-electron chi connectivity index (χ0n) is 12.3. The maximum Gasteiger partial charge on any atom is 0.248 e. The van der Waals surface area contributed by atoms with Crippen molar-refractivity contribution in [3.63, 3.8) is 0 Å². The molecule has 0 spiro atoms. The van der Waals surface area contributed by atoms with Gasteiger partial charge in [0.25, 0.3) is 0 Å².